The first-order valence-corrected chi connectivity index (χ1v) is 12.2. The third-order valence-corrected chi connectivity index (χ3v) is 6.81. The first-order valence-electron chi connectivity index (χ1n) is 11.4. The molecule has 7 nitrogen and oxygen atoms in total. The van der Waals surface area contributed by atoms with Crippen molar-refractivity contribution in [2.45, 2.75) is 6.42 Å². The Balaban J connectivity index is 0.00000304. The van der Waals surface area contributed by atoms with Gasteiger partial charge in [-0.15, -0.1) is 0 Å². The summed E-state index contributed by atoms with van der Waals surface area (Å²) in [6, 6.07) is 19.7. The Morgan fingerprint density at radius 2 is 1.53 bits per heavy atom. The molecule has 1 aromatic heterocycles. The molecule has 186 valence electrons. The van der Waals surface area contributed by atoms with Gasteiger partial charge in [0.1, 0.15) is 0 Å². The maximum absolute atomic E-state index is 13.6. The fourth-order valence-electron chi connectivity index (χ4n) is 3.93. The van der Waals surface area contributed by atoms with E-state index in [0.717, 1.165) is 23.2 Å². The Morgan fingerprint density at radius 3 is 2.22 bits per heavy atom. The lowest BCUT2D eigenvalue weighted by Crippen LogP contribution is -3.00. The van der Waals surface area contributed by atoms with Gasteiger partial charge in [0.15, 0.2) is 22.4 Å². The van der Waals surface area contributed by atoms with Crippen molar-refractivity contribution in [2.24, 2.45) is 0 Å². The van der Waals surface area contributed by atoms with Crippen LogP contribution in [0.3, 0.4) is 0 Å². The van der Waals surface area contributed by atoms with Gasteiger partial charge in [0.25, 0.3) is 5.91 Å². The molecule has 0 radical (unpaired) electrons. The van der Waals surface area contributed by atoms with E-state index in [-0.39, 0.29) is 30.9 Å². The van der Waals surface area contributed by atoms with Crippen LogP contribution in [-0.2, 0) is 0 Å². The van der Waals surface area contributed by atoms with E-state index >= 15 is 0 Å². The molecule has 3 aromatic carbocycles. The average molecular weight is 523 g/mol. The van der Waals surface area contributed by atoms with Gasteiger partial charge < -0.3 is 26.8 Å². The van der Waals surface area contributed by atoms with Crippen LogP contribution in [0.15, 0.2) is 66.7 Å². The van der Waals surface area contributed by atoms with Gasteiger partial charge >= 0.3 is 0 Å². The van der Waals surface area contributed by atoms with E-state index in [4.69, 9.17) is 14.5 Å². The molecule has 1 aliphatic heterocycles. The molecular weight excluding hydrogens is 498 g/mol. The van der Waals surface area contributed by atoms with Crippen molar-refractivity contribution in [2.75, 3.05) is 38.9 Å². The molecule has 0 spiro atoms. The van der Waals surface area contributed by atoms with Crippen molar-refractivity contribution in [3.63, 3.8) is 0 Å². The Labute approximate surface area is 219 Å². The summed E-state index contributed by atoms with van der Waals surface area (Å²) >= 11 is 1.45. The lowest BCUT2D eigenvalue weighted by Gasteiger charge is -2.21. The standard InChI is InChI=1S/C27H25N3O4S.ClH/c1-29(2)13-6-14-30(27-28-21-15-22-23(34-17-33-22)16-24(21)35-27)26(32)20-11-9-19(10-12-20)25(31)18-7-4-3-5-8-18;/h3-5,7-12,15-16H,6,13-14,17H2,1-2H3;1H/p-1. The second-order valence-electron chi connectivity index (χ2n) is 8.56. The van der Waals surface area contributed by atoms with E-state index < -0.39 is 0 Å². The smallest absolute Gasteiger partial charge is 0.260 e. The van der Waals surface area contributed by atoms with Gasteiger partial charge in [-0.25, -0.2) is 4.98 Å². The number of thiazole rings is 1. The molecule has 2 heterocycles. The minimum absolute atomic E-state index is 0. The average Bonchev–Trinajstić information content (AvgIpc) is 3.50. The third kappa shape index (κ3) is 5.36. The van der Waals surface area contributed by atoms with Crippen LogP contribution >= 0.6 is 11.3 Å². The van der Waals surface area contributed by atoms with Crippen LogP contribution in [0.4, 0.5) is 5.13 Å². The molecule has 1 aliphatic rings. The van der Waals surface area contributed by atoms with Crippen LogP contribution in [-0.4, -0.2) is 55.6 Å². The summed E-state index contributed by atoms with van der Waals surface area (Å²) in [7, 11) is 4.02. The van der Waals surface area contributed by atoms with E-state index in [9.17, 15) is 9.59 Å². The molecule has 1 amide bonds. The van der Waals surface area contributed by atoms with Crippen LogP contribution in [0.2, 0.25) is 0 Å². The number of anilines is 1. The van der Waals surface area contributed by atoms with E-state index in [1.165, 1.54) is 11.3 Å². The van der Waals surface area contributed by atoms with Gasteiger partial charge in [-0.2, -0.15) is 0 Å². The summed E-state index contributed by atoms with van der Waals surface area (Å²) in [5.41, 5.74) is 2.43. The van der Waals surface area contributed by atoms with E-state index in [1.54, 1.807) is 41.3 Å². The highest BCUT2D eigenvalue weighted by atomic mass is 35.5. The molecule has 0 N–H and O–H groups in total. The van der Waals surface area contributed by atoms with E-state index in [2.05, 4.69) is 4.90 Å². The number of rotatable bonds is 8. The topological polar surface area (TPSA) is 72.0 Å². The highest BCUT2D eigenvalue weighted by Gasteiger charge is 2.23. The number of carbonyl (C=O) groups is 2. The molecule has 0 unspecified atom stereocenters. The van der Waals surface area contributed by atoms with Crippen LogP contribution in [0, 0.1) is 0 Å². The lowest BCUT2D eigenvalue weighted by atomic mass is 10.0. The Morgan fingerprint density at radius 1 is 0.889 bits per heavy atom. The highest BCUT2D eigenvalue weighted by Crippen LogP contribution is 2.40. The second-order valence-corrected chi connectivity index (χ2v) is 9.56. The van der Waals surface area contributed by atoms with Crippen molar-refractivity contribution in [1.29, 1.82) is 0 Å². The third-order valence-electron chi connectivity index (χ3n) is 5.76. The Kier molecular flexibility index (Phi) is 7.88. The molecular formula is C27H25ClN3O4S-. The fraction of sp³-hybridized carbons (Fsp3) is 0.222. The first-order chi connectivity index (χ1) is 17.0. The summed E-state index contributed by atoms with van der Waals surface area (Å²) < 4.78 is 11.9. The van der Waals surface area contributed by atoms with Gasteiger partial charge in [-0.1, -0.05) is 53.8 Å². The normalized spacial score (nSPS) is 12.0. The van der Waals surface area contributed by atoms with Crippen LogP contribution in [0.5, 0.6) is 11.5 Å². The van der Waals surface area contributed by atoms with Crippen LogP contribution in [0.25, 0.3) is 10.2 Å². The number of ether oxygens (including phenoxy) is 2. The summed E-state index contributed by atoms with van der Waals surface area (Å²) in [4.78, 5) is 34.9. The van der Waals surface area contributed by atoms with Gasteiger partial charge in [-0.05, 0) is 39.2 Å². The lowest BCUT2D eigenvalue weighted by molar-refractivity contribution is -0.0000232. The van der Waals surface area contributed by atoms with Crippen LogP contribution in [0.1, 0.15) is 32.7 Å². The fourth-order valence-corrected chi connectivity index (χ4v) is 4.93. The monoisotopic (exact) mass is 522 g/mol. The molecule has 9 heteroatoms. The minimum Gasteiger partial charge on any atom is -1.00 e. The summed E-state index contributed by atoms with van der Waals surface area (Å²) in [6.45, 7) is 1.57. The molecule has 0 bridgehead atoms. The summed E-state index contributed by atoms with van der Waals surface area (Å²) in [5, 5.41) is 0.622. The molecule has 0 atom stereocenters. The number of ketones is 1. The number of hydrogen-bond donors (Lipinski definition) is 0. The predicted octanol–water partition coefficient (Wildman–Crippen LogP) is 1.86. The first kappa shape index (κ1) is 25.6. The molecule has 5 rings (SSSR count). The Bertz CT molecular complexity index is 1330. The number of nitrogens with zero attached hydrogens (tertiary/aromatic N) is 3. The number of hydrogen-bond acceptors (Lipinski definition) is 7. The number of carbonyl (C=O) groups excluding carboxylic acids is 2. The van der Waals surface area contributed by atoms with Crippen molar-refractivity contribution < 1.29 is 31.5 Å². The largest absolute Gasteiger partial charge is 1.00 e. The zero-order chi connectivity index (χ0) is 24.4. The van der Waals surface area contributed by atoms with Crippen molar-refractivity contribution in [1.82, 2.24) is 9.88 Å². The second kappa shape index (κ2) is 11.1. The summed E-state index contributed by atoms with van der Waals surface area (Å²) in [6.07, 6.45) is 0.794. The van der Waals surface area contributed by atoms with Crippen molar-refractivity contribution >= 4 is 38.4 Å². The van der Waals surface area contributed by atoms with Crippen molar-refractivity contribution in [3.05, 3.63) is 83.4 Å². The molecule has 36 heavy (non-hydrogen) atoms. The Hall–Kier alpha value is -3.46. The number of fused-ring (bicyclic) bond motifs is 2. The van der Waals surface area contributed by atoms with Gasteiger partial charge in [0, 0.05) is 35.4 Å². The molecule has 0 aliphatic carbocycles. The minimum atomic E-state index is -0.151. The molecule has 0 saturated carbocycles. The van der Waals surface area contributed by atoms with E-state index in [0.29, 0.717) is 39.9 Å². The predicted molar refractivity (Wildman–Crippen MR) is 137 cm³/mol. The van der Waals surface area contributed by atoms with E-state index in [1.807, 2.05) is 44.4 Å². The quantitative estimate of drug-likeness (QED) is 0.329. The zero-order valence-electron chi connectivity index (χ0n) is 19.9. The van der Waals surface area contributed by atoms with Crippen LogP contribution < -0.4 is 26.8 Å². The van der Waals surface area contributed by atoms with Gasteiger partial charge in [0.2, 0.25) is 6.79 Å². The highest BCUT2D eigenvalue weighted by molar-refractivity contribution is 7.22. The SMILES string of the molecule is CN(C)CCCN(C(=O)c1ccc(C(=O)c2ccccc2)cc1)c1nc2cc3c(cc2s1)OCO3.[Cl-]. The summed E-state index contributed by atoms with van der Waals surface area (Å²) in [5.74, 6) is 1.13. The number of halogens is 1. The van der Waals surface area contributed by atoms with Crippen molar-refractivity contribution in [3.8, 4) is 11.5 Å². The zero-order valence-corrected chi connectivity index (χ0v) is 21.5. The number of amides is 1. The maximum Gasteiger partial charge on any atom is 0.260 e. The van der Waals surface area contributed by atoms with Gasteiger partial charge in [0.05, 0.1) is 10.2 Å². The molecule has 4 aromatic rings. The molecule has 0 saturated heterocycles. The number of benzene rings is 3. The number of aromatic nitrogens is 1. The molecule has 0 fully saturated rings. The van der Waals surface area contributed by atoms with Gasteiger partial charge in [-0.3, -0.25) is 14.5 Å². The maximum atomic E-state index is 13.6.